The summed E-state index contributed by atoms with van der Waals surface area (Å²) < 4.78 is 10.4. The van der Waals surface area contributed by atoms with Crippen LogP contribution >= 0.6 is 0 Å². The van der Waals surface area contributed by atoms with Crippen molar-refractivity contribution in [1.29, 1.82) is 5.26 Å². The molecule has 0 aliphatic rings. The zero-order valence-electron chi connectivity index (χ0n) is 15.6. The number of anilines is 2. The van der Waals surface area contributed by atoms with Gasteiger partial charge in [0.05, 0.1) is 14.2 Å². The maximum atomic E-state index is 12.6. The number of tetrazole rings is 1. The fourth-order valence-corrected chi connectivity index (χ4v) is 2.45. The summed E-state index contributed by atoms with van der Waals surface area (Å²) in [5.41, 5.74) is 1.80. The molecule has 1 heterocycles. The molecule has 0 saturated heterocycles. The van der Waals surface area contributed by atoms with E-state index in [-0.39, 0.29) is 17.3 Å². The number of hydrogen-bond acceptors (Lipinski definition) is 8. The highest BCUT2D eigenvalue weighted by atomic mass is 16.5. The van der Waals surface area contributed by atoms with Gasteiger partial charge in [0.1, 0.15) is 11.6 Å². The van der Waals surface area contributed by atoms with E-state index in [1.54, 1.807) is 49.6 Å². The molecule has 1 aromatic heterocycles. The Morgan fingerprint density at radius 3 is 2.66 bits per heavy atom. The van der Waals surface area contributed by atoms with Gasteiger partial charge in [-0.1, -0.05) is 6.07 Å². The van der Waals surface area contributed by atoms with Crippen LogP contribution < -0.4 is 20.1 Å². The summed E-state index contributed by atoms with van der Waals surface area (Å²) in [4.78, 5) is 12.6. The minimum absolute atomic E-state index is 0.169. The van der Waals surface area contributed by atoms with Gasteiger partial charge in [0, 0.05) is 29.2 Å². The van der Waals surface area contributed by atoms with Crippen LogP contribution in [0.4, 0.5) is 11.4 Å². The highest BCUT2D eigenvalue weighted by molar-refractivity contribution is 6.05. The zero-order chi connectivity index (χ0) is 20.6. The molecule has 3 N–H and O–H groups in total. The number of carbonyl (C=O) groups excluding carboxylic acids is 1. The first kappa shape index (κ1) is 19.4. The van der Waals surface area contributed by atoms with Gasteiger partial charge in [-0.3, -0.25) is 4.79 Å². The third-order valence-corrected chi connectivity index (χ3v) is 3.86. The maximum Gasteiger partial charge on any atom is 0.255 e. The van der Waals surface area contributed by atoms with E-state index >= 15 is 0 Å². The number of nitrogens with zero attached hydrogens (tertiary/aromatic N) is 4. The van der Waals surface area contributed by atoms with Crippen molar-refractivity contribution in [3.8, 4) is 17.6 Å². The zero-order valence-corrected chi connectivity index (χ0v) is 15.6. The van der Waals surface area contributed by atoms with E-state index in [0.29, 0.717) is 28.4 Å². The molecule has 29 heavy (non-hydrogen) atoms. The molecule has 0 aliphatic heterocycles. The van der Waals surface area contributed by atoms with Crippen molar-refractivity contribution < 1.29 is 14.3 Å². The van der Waals surface area contributed by atoms with Crippen LogP contribution in [0.15, 0.2) is 48.7 Å². The first-order valence-corrected chi connectivity index (χ1v) is 8.38. The van der Waals surface area contributed by atoms with Crippen molar-refractivity contribution in [2.24, 2.45) is 0 Å². The molecule has 3 aromatic rings. The number of H-pyrrole nitrogens is 1. The molecule has 0 bridgehead atoms. The second kappa shape index (κ2) is 9.01. The molecule has 0 saturated carbocycles. The number of aromatic amines is 1. The molecule has 10 heteroatoms. The summed E-state index contributed by atoms with van der Waals surface area (Å²) >= 11 is 0. The van der Waals surface area contributed by atoms with Gasteiger partial charge < -0.3 is 20.1 Å². The van der Waals surface area contributed by atoms with Crippen molar-refractivity contribution in [1.82, 2.24) is 20.6 Å². The number of nitrogens with one attached hydrogen (secondary N) is 3. The molecule has 0 atom stereocenters. The quantitative estimate of drug-likeness (QED) is 0.522. The smallest absolute Gasteiger partial charge is 0.255 e. The number of aromatic nitrogens is 4. The van der Waals surface area contributed by atoms with Crippen molar-refractivity contribution >= 4 is 22.9 Å². The second-order valence-electron chi connectivity index (χ2n) is 5.65. The highest BCUT2D eigenvalue weighted by Crippen LogP contribution is 2.30. The van der Waals surface area contributed by atoms with Gasteiger partial charge in [-0.05, 0) is 35.5 Å². The van der Waals surface area contributed by atoms with Gasteiger partial charge in [0.25, 0.3) is 5.91 Å². The van der Waals surface area contributed by atoms with Crippen LogP contribution in [0.1, 0.15) is 16.2 Å². The first-order valence-electron chi connectivity index (χ1n) is 8.38. The lowest BCUT2D eigenvalue weighted by Crippen LogP contribution is -2.12. The Bertz CT molecular complexity index is 1070. The molecule has 0 fully saturated rings. The van der Waals surface area contributed by atoms with Crippen LogP contribution in [-0.4, -0.2) is 40.8 Å². The van der Waals surface area contributed by atoms with Gasteiger partial charge in [-0.15, -0.1) is 10.2 Å². The Morgan fingerprint density at radius 1 is 1.14 bits per heavy atom. The van der Waals surface area contributed by atoms with Gasteiger partial charge >= 0.3 is 0 Å². The SMILES string of the molecule is COc1ccc(NC(=O)c2cccc(NC=C(C#N)c3nn[nH]n3)c2)cc1OC. The van der Waals surface area contributed by atoms with Crippen molar-refractivity contribution in [2.45, 2.75) is 0 Å². The second-order valence-corrected chi connectivity index (χ2v) is 5.65. The Hall–Kier alpha value is -4.39. The van der Waals surface area contributed by atoms with Crippen LogP contribution in [0.5, 0.6) is 11.5 Å². The molecule has 2 aromatic carbocycles. The lowest BCUT2D eigenvalue weighted by Gasteiger charge is -2.11. The number of amides is 1. The first-order chi connectivity index (χ1) is 14.1. The molecule has 3 rings (SSSR count). The number of hydrogen-bond donors (Lipinski definition) is 3. The van der Waals surface area contributed by atoms with E-state index in [4.69, 9.17) is 9.47 Å². The average Bonchev–Trinajstić information content (AvgIpc) is 3.29. The van der Waals surface area contributed by atoms with Crippen LogP contribution in [0.25, 0.3) is 5.57 Å². The summed E-state index contributed by atoms with van der Waals surface area (Å²) in [6.07, 6.45) is 1.44. The van der Waals surface area contributed by atoms with Crippen molar-refractivity contribution in [3.05, 3.63) is 60.1 Å². The van der Waals surface area contributed by atoms with Crippen LogP contribution in [0.3, 0.4) is 0 Å². The Morgan fingerprint density at radius 2 is 1.97 bits per heavy atom. The standard InChI is InChI=1S/C19H17N7O3/c1-28-16-7-6-15(9-17(16)29-2)22-19(27)12-4-3-5-14(8-12)21-11-13(10-20)18-23-25-26-24-18/h3-9,11,21H,1-2H3,(H,22,27)(H,23,24,25,26). The van der Waals surface area contributed by atoms with Gasteiger partial charge in [0.15, 0.2) is 11.5 Å². The molecule has 0 radical (unpaired) electrons. The normalized spacial score (nSPS) is 10.7. The topological polar surface area (TPSA) is 138 Å². The molecule has 0 unspecified atom stereocenters. The van der Waals surface area contributed by atoms with Crippen LogP contribution in [0.2, 0.25) is 0 Å². The minimum Gasteiger partial charge on any atom is -0.493 e. The Kier molecular flexibility index (Phi) is 6.02. The Labute approximate surface area is 166 Å². The molecule has 10 nitrogen and oxygen atoms in total. The number of rotatable bonds is 7. The number of ether oxygens (including phenoxy) is 2. The molecule has 146 valence electrons. The van der Waals surface area contributed by atoms with E-state index in [1.165, 1.54) is 13.3 Å². The predicted molar refractivity (Wildman–Crippen MR) is 105 cm³/mol. The summed E-state index contributed by atoms with van der Waals surface area (Å²) in [5.74, 6) is 0.945. The Balaban J connectivity index is 1.74. The maximum absolute atomic E-state index is 12.6. The fourth-order valence-electron chi connectivity index (χ4n) is 2.45. The number of nitriles is 1. The molecule has 0 aliphatic carbocycles. The van der Waals surface area contributed by atoms with Gasteiger partial charge in [0.2, 0.25) is 5.82 Å². The van der Waals surface area contributed by atoms with Crippen LogP contribution in [-0.2, 0) is 0 Å². The lowest BCUT2D eigenvalue weighted by molar-refractivity contribution is 0.102. The van der Waals surface area contributed by atoms with E-state index in [9.17, 15) is 10.1 Å². The summed E-state index contributed by atoms with van der Waals surface area (Å²) in [5, 5.41) is 28.2. The third kappa shape index (κ3) is 4.67. The van der Waals surface area contributed by atoms with E-state index in [0.717, 1.165) is 0 Å². The van der Waals surface area contributed by atoms with Crippen molar-refractivity contribution in [3.63, 3.8) is 0 Å². The minimum atomic E-state index is -0.302. The van der Waals surface area contributed by atoms with E-state index in [1.807, 2.05) is 6.07 Å². The highest BCUT2D eigenvalue weighted by Gasteiger charge is 2.10. The third-order valence-electron chi connectivity index (χ3n) is 3.86. The monoisotopic (exact) mass is 391 g/mol. The summed E-state index contributed by atoms with van der Waals surface area (Å²) in [6, 6.07) is 13.9. The lowest BCUT2D eigenvalue weighted by atomic mass is 10.1. The van der Waals surface area contributed by atoms with Gasteiger partial charge in [-0.2, -0.15) is 10.5 Å². The summed E-state index contributed by atoms with van der Waals surface area (Å²) in [6.45, 7) is 0. The van der Waals surface area contributed by atoms with E-state index < -0.39 is 0 Å². The number of allylic oxidation sites excluding steroid dienone is 1. The summed E-state index contributed by atoms with van der Waals surface area (Å²) in [7, 11) is 3.07. The van der Waals surface area contributed by atoms with Crippen LogP contribution in [0, 0.1) is 11.3 Å². The number of benzene rings is 2. The molecular weight excluding hydrogens is 374 g/mol. The van der Waals surface area contributed by atoms with Gasteiger partial charge in [-0.25, -0.2) is 0 Å². The number of methoxy groups -OCH3 is 2. The number of carbonyl (C=O) groups is 1. The fraction of sp³-hybridized carbons (Fsp3) is 0.105. The van der Waals surface area contributed by atoms with E-state index in [2.05, 4.69) is 31.3 Å². The predicted octanol–water partition coefficient (Wildman–Crippen LogP) is 2.45. The largest absolute Gasteiger partial charge is 0.493 e. The average molecular weight is 391 g/mol. The van der Waals surface area contributed by atoms with Crippen molar-refractivity contribution in [2.75, 3.05) is 24.9 Å². The molecule has 1 amide bonds. The molecule has 0 spiro atoms. The molecular formula is C19H17N7O3.